The first kappa shape index (κ1) is 10.4. The zero-order valence-corrected chi connectivity index (χ0v) is 9.12. The van der Waals surface area contributed by atoms with E-state index in [1.54, 1.807) is 0 Å². The third-order valence-corrected chi connectivity index (χ3v) is 2.52. The van der Waals surface area contributed by atoms with Gasteiger partial charge in [0.1, 0.15) is 0 Å². The molecule has 5 nitrogen and oxygen atoms in total. The Kier molecular flexibility index (Phi) is 3.55. The van der Waals surface area contributed by atoms with Crippen molar-refractivity contribution in [2.45, 2.75) is 32.7 Å². The van der Waals surface area contributed by atoms with Crippen LogP contribution in [-0.4, -0.2) is 23.3 Å². The van der Waals surface area contributed by atoms with E-state index < -0.39 is 0 Å². The molecule has 0 amide bonds. The highest BCUT2D eigenvalue weighted by Crippen LogP contribution is 2.31. The van der Waals surface area contributed by atoms with E-state index in [0.717, 1.165) is 19.0 Å². The quantitative estimate of drug-likeness (QED) is 0.712. The molecule has 1 aromatic heterocycles. The lowest BCUT2D eigenvalue weighted by atomic mass is 10.3. The lowest BCUT2D eigenvalue weighted by Gasteiger charge is -1.98. The summed E-state index contributed by atoms with van der Waals surface area (Å²) in [6.45, 7) is 4.54. The average molecular weight is 210 g/mol. The van der Waals surface area contributed by atoms with Gasteiger partial charge in [-0.2, -0.15) is 0 Å². The summed E-state index contributed by atoms with van der Waals surface area (Å²) in [5.41, 5.74) is 0. The van der Waals surface area contributed by atoms with Crippen LogP contribution in [0.2, 0.25) is 0 Å². The van der Waals surface area contributed by atoms with Crippen molar-refractivity contribution < 1.29 is 4.42 Å². The second-order valence-electron chi connectivity index (χ2n) is 3.94. The summed E-state index contributed by atoms with van der Waals surface area (Å²) in [6, 6.07) is 0.545. The molecule has 0 radical (unpaired) electrons. The predicted octanol–water partition coefficient (Wildman–Crippen LogP) is 1.39. The largest absolute Gasteiger partial charge is 0.407 e. The van der Waals surface area contributed by atoms with Crippen LogP contribution in [0.5, 0.6) is 0 Å². The Hall–Kier alpha value is -1.10. The monoisotopic (exact) mass is 210 g/mol. The number of nitrogens with one attached hydrogen (secondary N) is 2. The first-order valence-electron chi connectivity index (χ1n) is 5.65. The molecule has 0 atom stereocenters. The SMILES string of the molecule is CCNCc1nnc(NCCC2CC2)o1. The van der Waals surface area contributed by atoms with E-state index in [4.69, 9.17) is 4.42 Å². The molecule has 0 aliphatic heterocycles. The third-order valence-electron chi connectivity index (χ3n) is 2.52. The molecular formula is C10H18N4O. The molecule has 2 rings (SSSR count). The molecule has 1 aliphatic rings. The topological polar surface area (TPSA) is 63.0 Å². The molecule has 0 bridgehead atoms. The maximum absolute atomic E-state index is 5.39. The average Bonchev–Trinajstić information content (AvgIpc) is 2.95. The van der Waals surface area contributed by atoms with Crippen molar-refractivity contribution in [3.63, 3.8) is 0 Å². The summed E-state index contributed by atoms with van der Waals surface area (Å²) < 4.78 is 5.39. The maximum atomic E-state index is 5.39. The molecule has 1 heterocycles. The van der Waals surface area contributed by atoms with E-state index in [2.05, 4.69) is 20.8 Å². The van der Waals surface area contributed by atoms with Gasteiger partial charge >= 0.3 is 6.01 Å². The fourth-order valence-electron chi connectivity index (χ4n) is 1.42. The molecule has 5 heteroatoms. The Morgan fingerprint density at radius 3 is 3.00 bits per heavy atom. The fraction of sp³-hybridized carbons (Fsp3) is 0.800. The summed E-state index contributed by atoms with van der Waals surface area (Å²) in [5, 5.41) is 14.1. The molecular weight excluding hydrogens is 192 g/mol. The van der Waals surface area contributed by atoms with Gasteiger partial charge in [0.25, 0.3) is 0 Å². The maximum Gasteiger partial charge on any atom is 0.315 e. The van der Waals surface area contributed by atoms with Gasteiger partial charge in [-0.15, -0.1) is 5.10 Å². The Balaban J connectivity index is 1.68. The third kappa shape index (κ3) is 3.51. The molecule has 0 aromatic carbocycles. The van der Waals surface area contributed by atoms with Crippen molar-refractivity contribution in [2.24, 2.45) is 5.92 Å². The van der Waals surface area contributed by atoms with Crippen LogP contribution in [0.25, 0.3) is 0 Å². The smallest absolute Gasteiger partial charge is 0.315 e. The normalized spacial score (nSPS) is 15.5. The lowest BCUT2D eigenvalue weighted by molar-refractivity contribution is 0.480. The molecule has 2 N–H and O–H groups in total. The van der Waals surface area contributed by atoms with Gasteiger partial charge in [0, 0.05) is 6.54 Å². The summed E-state index contributed by atoms with van der Waals surface area (Å²) in [6.07, 6.45) is 3.99. The van der Waals surface area contributed by atoms with Crippen molar-refractivity contribution in [3.8, 4) is 0 Å². The van der Waals surface area contributed by atoms with Crippen LogP contribution in [0.1, 0.15) is 32.1 Å². The van der Waals surface area contributed by atoms with Crippen molar-refractivity contribution in [1.29, 1.82) is 0 Å². The van der Waals surface area contributed by atoms with Crippen molar-refractivity contribution in [2.75, 3.05) is 18.4 Å². The minimum atomic E-state index is 0.545. The number of nitrogens with zero attached hydrogens (tertiary/aromatic N) is 2. The minimum Gasteiger partial charge on any atom is -0.407 e. The van der Waals surface area contributed by atoms with Crippen LogP contribution in [0.4, 0.5) is 6.01 Å². The van der Waals surface area contributed by atoms with Crippen molar-refractivity contribution in [1.82, 2.24) is 15.5 Å². The van der Waals surface area contributed by atoms with Crippen LogP contribution in [0, 0.1) is 5.92 Å². The summed E-state index contributed by atoms with van der Waals surface area (Å²) >= 11 is 0. The molecule has 0 saturated heterocycles. The van der Waals surface area contributed by atoms with E-state index in [1.165, 1.54) is 19.3 Å². The number of anilines is 1. The fourth-order valence-corrected chi connectivity index (χ4v) is 1.42. The molecule has 1 aliphatic carbocycles. The van der Waals surface area contributed by atoms with Gasteiger partial charge in [0.2, 0.25) is 5.89 Å². The molecule has 15 heavy (non-hydrogen) atoms. The van der Waals surface area contributed by atoms with E-state index in [-0.39, 0.29) is 0 Å². The highest BCUT2D eigenvalue weighted by Gasteiger charge is 2.20. The van der Waals surface area contributed by atoms with Crippen LogP contribution in [0.15, 0.2) is 4.42 Å². The Morgan fingerprint density at radius 2 is 2.27 bits per heavy atom. The summed E-state index contributed by atoms with van der Waals surface area (Å²) in [5.74, 6) is 1.58. The molecule has 84 valence electrons. The van der Waals surface area contributed by atoms with Crippen molar-refractivity contribution >= 4 is 6.01 Å². The zero-order chi connectivity index (χ0) is 10.5. The van der Waals surface area contributed by atoms with Gasteiger partial charge in [0.05, 0.1) is 6.54 Å². The van der Waals surface area contributed by atoms with Gasteiger partial charge in [-0.3, -0.25) is 0 Å². The highest BCUT2D eigenvalue weighted by atomic mass is 16.4. The number of rotatable bonds is 7. The Labute approximate surface area is 89.6 Å². The zero-order valence-electron chi connectivity index (χ0n) is 9.12. The number of aromatic nitrogens is 2. The van der Waals surface area contributed by atoms with Crippen molar-refractivity contribution in [3.05, 3.63) is 5.89 Å². The van der Waals surface area contributed by atoms with Gasteiger partial charge in [-0.1, -0.05) is 24.9 Å². The second kappa shape index (κ2) is 5.11. The molecule has 0 unspecified atom stereocenters. The second-order valence-corrected chi connectivity index (χ2v) is 3.94. The van der Waals surface area contributed by atoms with E-state index in [9.17, 15) is 0 Å². The standard InChI is InChI=1S/C10H18N4O/c1-2-11-7-9-13-14-10(15-9)12-6-5-8-3-4-8/h8,11H,2-7H2,1H3,(H,12,14). The molecule has 1 aromatic rings. The minimum absolute atomic E-state index is 0.545. The number of hydrogen-bond acceptors (Lipinski definition) is 5. The summed E-state index contributed by atoms with van der Waals surface area (Å²) in [7, 11) is 0. The van der Waals surface area contributed by atoms with Crippen LogP contribution >= 0.6 is 0 Å². The van der Waals surface area contributed by atoms with E-state index >= 15 is 0 Å². The van der Waals surface area contributed by atoms with Gasteiger partial charge < -0.3 is 15.1 Å². The number of hydrogen-bond donors (Lipinski definition) is 2. The van der Waals surface area contributed by atoms with Crippen LogP contribution < -0.4 is 10.6 Å². The van der Waals surface area contributed by atoms with Crippen LogP contribution in [0.3, 0.4) is 0 Å². The first-order valence-corrected chi connectivity index (χ1v) is 5.65. The van der Waals surface area contributed by atoms with Gasteiger partial charge in [0.15, 0.2) is 0 Å². The summed E-state index contributed by atoms with van der Waals surface area (Å²) in [4.78, 5) is 0. The molecule has 1 fully saturated rings. The van der Waals surface area contributed by atoms with Gasteiger partial charge in [-0.25, -0.2) is 0 Å². The van der Waals surface area contributed by atoms with Crippen LogP contribution in [-0.2, 0) is 6.54 Å². The highest BCUT2D eigenvalue weighted by molar-refractivity contribution is 5.16. The van der Waals surface area contributed by atoms with E-state index in [0.29, 0.717) is 18.5 Å². The van der Waals surface area contributed by atoms with E-state index in [1.807, 2.05) is 6.92 Å². The Bertz CT molecular complexity index is 295. The van der Waals surface area contributed by atoms with Gasteiger partial charge in [-0.05, 0) is 18.9 Å². The lowest BCUT2D eigenvalue weighted by Crippen LogP contribution is -2.11. The first-order chi connectivity index (χ1) is 7.38. The Morgan fingerprint density at radius 1 is 1.40 bits per heavy atom. The molecule has 1 saturated carbocycles. The molecule has 0 spiro atoms. The predicted molar refractivity (Wildman–Crippen MR) is 57.5 cm³/mol.